The van der Waals surface area contributed by atoms with Crippen molar-refractivity contribution in [3.63, 3.8) is 0 Å². The normalized spacial score (nSPS) is 17.3. The number of rotatable bonds is 12. The molecular weight excluding hydrogens is 504 g/mol. The molecule has 8 heteroatoms. The highest BCUT2D eigenvalue weighted by Crippen LogP contribution is 2.39. The molecule has 1 N–H and O–H groups in total. The summed E-state index contributed by atoms with van der Waals surface area (Å²) in [4.78, 5) is 46.0. The monoisotopic (exact) mass is 548 g/mol. The van der Waals surface area contributed by atoms with Crippen LogP contribution in [0.3, 0.4) is 0 Å². The summed E-state index contributed by atoms with van der Waals surface area (Å²) < 4.78 is 5.41. The maximum atomic E-state index is 14.0. The minimum absolute atomic E-state index is 0.00735. The number of unbranched alkanes of at least 4 members (excludes halogenated alkanes) is 1. The summed E-state index contributed by atoms with van der Waals surface area (Å²) in [5.41, 5.74) is 1.24. The van der Waals surface area contributed by atoms with Crippen LogP contribution >= 0.6 is 0 Å². The molecule has 4 rings (SSSR count). The van der Waals surface area contributed by atoms with Gasteiger partial charge >= 0.3 is 0 Å². The van der Waals surface area contributed by atoms with Crippen molar-refractivity contribution in [3.8, 4) is 5.75 Å². The number of likely N-dealkylation sites (tertiary alicyclic amines) is 1. The highest BCUT2D eigenvalue weighted by Gasteiger charge is 2.54. The van der Waals surface area contributed by atoms with Crippen LogP contribution < -0.4 is 15.0 Å². The smallest absolute Gasteiger partial charge is 0.250 e. The van der Waals surface area contributed by atoms with Crippen LogP contribution in [0.5, 0.6) is 5.75 Å². The second-order valence-electron chi connectivity index (χ2n) is 10.9. The number of carbonyl (C=O) groups is 3. The molecule has 2 aromatic carbocycles. The zero-order valence-electron chi connectivity index (χ0n) is 24.2. The molecule has 0 radical (unpaired) electrons. The zero-order chi connectivity index (χ0) is 28.5. The summed E-state index contributed by atoms with van der Waals surface area (Å²) in [7, 11) is 1.64. The van der Waals surface area contributed by atoms with Crippen LogP contribution in [-0.2, 0) is 20.8 Å². The van der Waals surface area contributed by atoms with Gasteiger partial charge in [0.25, 0.3) is 5.91 Å². The lowest BCUT2D eigenvalue weighted by Gasteiger charge is -2.44. The lowest BCUT2D eigenvalue weighted by Crippen LogP contribution is -2.58. The van der Waals surface area contributed by atoms with E-state index in [-0.39, 0.29) is 30.2 Å². The number of benzene rings is 2. The van der Waals surface area contributed by atoms with E-state index in [4.69, 9.17) is 4.74 Å². The first-order valence-corrected chi connectivity index (χ1v) is 14.7. The number of amides is 3. The molecule has 0 aliphatic carbocycles. The van der Waals surface area contributed by atoms with Gasteiger partial charge < -0.3 is 24.8 Å². The van der Waals surface area contributed by atoms with Crippen LogP contribution in [0.2, 0.25) is 0 Å². The van der Waals surface area contributed by atoms with Crippen molar-refractivity contribution in [1.82, 2.24) is 15.1 Å². The van der Waals surface area contributed by atoms with Crippen LogP contribution in [-0.4, -0.2) is 73.0 Å². The predicted octanol–water partition coefficient (Wildman–Crippen LogP) is 4.24. The van der Waals surface area contributed by atoms with Crippen LogP contribution in [0.4, 0.5) is 5.69 Å². The van der Waals surface area contributed by atoms with Crippen LogP contribution in [0.15, 0.2) is 54.6 Å². The SMILES string of the molecule is CCCCC(CC)C(=O)N1CCC2(CC1)C(=O)N(CC(=O)NCCc1ccccc1OC)CN2c1ccccc1. The highest BCUT2D eigenvalue weighted by molar-refractivity contribution is 5.96. The Labute approximate surface area is 238 Å². The minimum atomic E-state index is -0.749. The van der Waals surface area contributed by atoms with Crippen molar-refractivity contribution in [3.05, 3.63) is 60.2 Å². The summed E-state index contributed by atoms with van der Waals surface area (Å²) in [6.45, 7) is 6.16. The first kappa shape index (κ1) is 29.4. The van der Waals surface area contributed by atoms with Crippen molar-refractivity contribution in [2.45, 2.75) is 64.3 Å². The predicted molar refractivity (Wildman–Crippen MR) is 157 cm³/mol. The highest BCUT2D eigenvalue weighted by atomic mass is 16.5. The molecule has 2 aliphatic heterocycles. The summed E-state index contributed by atoms with van der Waals surface area (Å²) >= 11 is 0. The number of hydrogen-bond donors (Lipinski definition) is 1. The maximum Gasteiger partial charge on any atom is 0.250 e. The lowest BCUT2D eigenvalue weighted by molar-refractivity contribution is -0.142. The molecule has 40 heavy (non-hydrogen) atoms. The van der Waals surface area contributed by atoms with Crippen molar-refractivity contribution >= 4 is 23.4 Å². The van der Waals surface area contributed by atoms with Gasteiger partial charge in [-0.2, -0.15) is 0 Å². The minimum Gasteiger partial charge on any atom is -0.496 e. The average Bonchev–Trinajstić information content (AvgIpc) is 3.24. The van der Waals surface area contributed by atoms with Gasteiger partial charge in [0.1, 0.15) is 17.8 Å². The Bertz CT molecular complexity index is 1150. The molecular formula is C32H44N4O4. The zero-order valence-corrected chi connectivity index (χ0v) is 24.2. The Morgan fingerprint density at radius 3 is 2.40 bits per heavy atom. The molecule has 2 aromatic rings. The van der Waals surface area contributed by atoms with E-state index >= 15 is 0 Å². The average molecular weight is 549 g/mol. The number of hydrogen-bond acceptors (Lipinski definition) is 5. The van der Waals surface area contributed by atoms with Gasteiger partial charge in [0.15, 0.2) is 0 Å². The third-order valence-corrected chi connectivity index (χ3v) is 8.48. The van der Waals surface area contributed by atoms with Crippen LogP contribution in [0, 0.1) is 5.92 Å². The van der Waals surface area contributed by atoms with E-state index in [1.165, 1.54) is 0 Å². The molecule has 2 aliphatic rings. The van der Waals surface area contributed by atoms with Gasteiger partial charge in [-0.25, -0.2) is 0 Å². The molecule has 1 spiro atoms. The molecule has 0 saturated carbocycles. The molecule has 3 amide bonds. The van der Waals surface area contributed by atoms with Crippen molar-refractivity contribution in [2.24, 2.45) is 5.92 Å². The van der Waals surface area contributed by atoms with Crippen molar-refractivity contribution < 1.29 is 19.1 Å². The Kier molecular flexibility index (Phi) is 10.1. The van der Waals surface area contributed by atoms with E-state index in [0.29, 0.717) is 45.6 Å². The first-order chi connectivity index (χ1) is 19.4. The molecule has 2 fully saturated rings. The number of nitrogens with one attached hydrogen (secondary N) is 1. The molecule has 0 aromatic heterocycles. The number of para-hydroxylation sites is 2. The number of carbonyl (C=O) groups excluding carboxylic acids is 3. The third-order valence-electron chi connectivity index (χ3n) is 8.48. The van der Waals surface area contributed by atoms with Crippen LogP contribution in [0.1, 0.15) is 57.9 Å². The molecule has 0 bridgehead atoms. The van der Waals surface area contributed by atoms with Crippen molar-refractivity contribution in [2.75, 3.05) is 44.9 Å². The second-order valence-corrected chi connectivity index (χ2v) is 10.9. The Hall–Kier alpha value is -3.55. The Balaban J connectivity index is 1.42. The molecule has 2 heterocycles. The topological polar surface area (TPSA) is 82.2 Å². The Morgan fingerprint density at radius 1 is 1.02 bits per heavy atom. The van der Waals surface area contributed by atoms with Gasteiger partial charge in [-0.05, 0) is 55.9 Å². The molecule has 1 unspecified atom stereocenters. The molecule has 216 valence electrons. The van der Waals surface area contributed by atoms with E-state index in [2.05, 4.69) is 24.1 Å². The van der Waals surface area contributed by atoms with Gasteiger partial charge in [-0.1, -0.05) is 63.1 Å². The van der Waals surface area contributed by atoms with Gasteiger partial charge in [0, 0.05) is 31.2 Å². The first-order valence-electron chi connectivity index (χ1n) is 14.7. The summed E-state index contributed by atoms with van der Waals surface area (Å²) in [5.74, 6) is 0.861. The number of anilines is 1. The van der Waals surface area contributed by atoms with Crippen molar-refractivity contribution in [1.29, 1.82) is 0 Å². The maximum absolute atomic E-state index is 14.0. The lowest BCUT2D eigenvalue weighted by atomic mass is 9.84. The number of nitrogens with zero attached hydrogens (tertiary/aromatic N) is 3. The van der Waals surface area contributed by atoms with Gasteiger partial charge in [-0.15, -0.1) is 0 Å². The quantitative estimate of drug-likeness (QED) is 0.429. The second kappa shape index (κ2) is 13.7. The standard InChI is InChI=1S/C32H44N4O4/c1-4-6-12-25(5-2)30(38)34-21-18-32(19-22-34)31(39)35(24-36(32)27-14-8-7-9-15-27)23-29(37)33-20-17-26-13-10-11-16-28(26)40-3/h7-11,13-16,25H,4-6,12,17-24H2,1-3H3,(H,33,37). The number of methoxy groups -OCH3 is 1. The largest absolute Gasteiger partial charge is 0.496 e. The fraction of sp³-hybridized carbons (Fsp3) is 0.531. The van der Waals surface area contributed by atoms with E-state index in [9.17, 15) is 14.4 Å². The van der Waals surface area contributed by atoms with E-state index in [1.54, 1.807) is 12.0 Å². The Morgan fingerprint density at radius 2 is 1.73 bits per heavy atom. The molecule has 8 nitrogen and oxygen atoms in total. The van der Waals surface area contributed by atoms with E-state index in [0.717, 1.165) is 42.7 Å². The van der Waals surface area contributed by atoms with E-state index in [1.807, 2.05) is 59.5 Å². The summed E-state index contributed by atoms with van der Waals surface area (Å²) in [6, 6.07) is 17.7. The van der Waals surface area contributed by atoms with Crippen LogP contribution in [0.25, 0.3) is 0 Å². The van der Waals surface area contributed by atoms with Gasteiger partial charge in [0.05, 0.1) is 13.8 Å². The summed E-state index contributed by atoms with van der Waals surface area (Å²) in [5, 5.41) is 2.97. The third kappa shape index (κ3) is 6.43. The summed E-state index contributed by atoms with van der Waals surface area (Å²) in [6.07, 6.45) is 5.66. The fourth-order valence-corrected chi connectivity index (χ4v) is 6.11. The van der Waals surface area contributed by atoms with E-state index < -0.39 is 5.54 Å². The van der Waals surface area contributed by atoms with Gasteiger partial charge in [0.2, 0.25) is 11.8 Å². The van der Waals surface area contributed by atoms with Gasteiger partial charge in [-0.3, -0.25) is 14.4 Å². The molecule has 1 atom stereocenters. The number of piperidine rings is 1. The number of ether oxygens (including phenoxy) is 1. The fourth-order valence-electron chi connectivity index (χ4n) is 6.11. The molecule has 2 saturated heterocycles.